The SMILES string of the molecule is CCOP1(=O)OC(C)(P(=O)(OC(C)C)OC(C)C)CC1(C)C. The molecular formula is C14H30O6P2. The lowest BCUT2D eigenvalue weighted by molar-refractivity contribution is 0.0699. The monoisotopic (exact) mass is 356 g/mol. The van der Waals surface area contributed by atoms with Gasteiger partial charge in [0.25, 0.3) is 0 Å². The van der Waals surface area contributed by atoms with Crippen molar-refractivity contribution in [2.75, 3.05) is 6.61 Å². The highest BCUT2D eigenvalue weighted by molar-refractivity contribution is 7.60. The minimum absolute atomic E-state index is 0.261. The second-order valence-corrected chi connectivity index (χ2v) is 12.0. The van der Waals surface area contributed by atoms with Crippen LogP contribution in [0.4, 0.5) is 0 Å². The first-order valence-electron chi connectivity index (χ1n) is 7.73. The van der Waals surface area contributed by atoms with E-state index >= 15 is 0 Å². The lowest BCUT2D eigenvalue weighted by atomic mass is 10.1. The molecule has 1 aliphatic heterocycles. The van der Waals surface area contributed by atoms with Gasteiger partial charge in [0.2, 0.25) is 0 Å². The topological polar surface area (TPSA) is 71.1 Å². The Morgan fingerprint density at radius 1 is 1.14 bits per heavy atom. The van der Waals surface area contributed by atoms with Gasteiger partial charge in [0.1, 0.15) is 0 Å². The van der Waals surface area contributed by atoms with Crippen LogP contribution < -0.4 is 0 Å². The van der Waals surface area contributed by atoms with Crippen molar-refractivity contribution in [3.05, 3.63) is 0 Å². The van der Waals surface area contributed by atoms with Crippen LogP contribution >= 0.6 is 15.2 Å². The van der Waals surface area contributed by atoms with Gasteiger partial charge >= 0.3 is 15.2 Å². The fourth-order valence-corrected chi connectivity index (χ4v) is 7.74. The van der Waals surface area contributed by atoms with Crippen LogP contribution in [0.1, 0.15) is 61.8 Å². The molecule has 0 amide bonds. The normalized spacial score (nSPS) is 32.1. The largest absolute Gasteiger partial charge is 0.363 e. The highest BCUT2D eigenvalue weighted by Gasteiger charge is 2.66. The summed E-state index contributed by atoms with van der Waals surface area (Å²) in [5.41, 5.74) is 0. The molecule has 0 spiro atoms. The van der Waals surface area contributed by atoms with E-state index in [1.54, 1.807) is 55.4 Å². The maximum absolute atomic E-state index is 13.4. The van der Waals surface area contributed by atoms with Crippen molar-refractivity contribution in [1.29, 1.82) is 0 Å². The minimum atomic E-state index is -3.65. The summed E-state index contributed by atoms with van der Waals surface area (Å²) < 4.78 is 48.9. The molecule has 0 bridgehead atoms. The molecule has 0 N–H and O–H groups in total. The van der Waals surface area contributed by atoms with Crippen LogP contribution in [0.2, 0.25) is 0 Å². The molecule has 132 valence electrons. The Morgan fingerprint density at radius 2 is 1.59 bits per heavy atom. The van der Waals surface area contributed by atoms with Crippen molar-refractivity contribution >= 4 is 15.2 Å². The summed E-state index contributed by atoms with van der Waals surface area (Å²) in [5.74, 6) is 0. The van der Waals surface area contributed by atoms with Gasteiger partial charge in [-0.1, -0.05) is 0 Å². The minimum Gasteiger partial charge on any atom is -0.308 e. The third-order valence-corrected chi connectivity index (χ3v) is 9.23. The van der Waals surface area contributed by atoms with Crippen LogP contribution in [0, 0.1) is 0 Å². The van der Waals surface area contributed by atoms with Gasteiger partial charge in [-0.25, -0.2) is 0 Å². The van der Waals surface area contributed by atoms with Crippen LogP contribution in [0.3, 0.4) is 0 Å². The third kappa shape index (κ3) is 3.85. The predicted octanol–water partition coefficient (Wildman–Crippen LogP) is 5.17. The molecule has 0 radical (unpaired) electrons. The van der Waals surface area contributed by atoms with Gasteiger partial charge in [-0.3, -0.25) is 13.7 Å². The molecule has 0 aromatic carbocycles. The van der Waals surface area contributed by atoms with E-state index < -0.39 is 25.7 Å². The molecule has 0 aliphatic carbocycles. The van der Waals surface area contributed by atoms with Gasteiger partial charge in [0, 0.05) is 6.42 Å². The van der Waals surface area contributed by atoms with Crippen molar-refractivity contribution in [3.8, 4) is 0 Å². The third-order valence-electron chi connectivity index (χ3n) is 3.40. The van der Waals surface area contributed by atoms with E-state index in [1.807, 2.05) is 0 Å². The average molecular weight is 356 g/mol. The van der Waals surface area contributed by atoms with Crippen molar-refractivity contribution in [2.45, 2.75) is 84.5 Å². The summed E-state index contributed by atoms with van der Waals surface area (Å²) in [6.07, 6.45) is -0.339. The Morgan fingerprint density at radius 3 is 1.95 bits per heavy atom. The van der Waals surface area contributed by atoms with Crippen LogP contribution in [0.5, 0.6) is 0 Å². The molecule has 1 aliphatic rings. The number of hydrogen-bond donors (Lipinski definition) is 0. The summed E-state index contributed by atoms with van der Waals surface area (Å²) >= 11 is 0. The summed E-state index contributed by atoms with van der Waals surface area (Å²) in [6, 6.07) is 0. The molecule has 0 aromatic heterocycles. The summed E-state index contributed by atoms with van der Waals surface area (Å²) in [6.45, 7) is 14.4. The van der Waals surface area contributed by atoms with Crippen LogP contribution in [0.25, 0.3) is 0 Å². The fraction of sp³-hybridized carbons (Fsp3) is 1.00. The van der Waals surface area contributed by atoms with Crippen molar-refractivity contribution in [2.24, 2.45) is 0 Å². The molecule has 8 heteroatoms. The van der Waals surface area contributed by atoms with Crippen molar-refractivity contribution < 1.29 is 27.2 Å². The quantitative estimate of drug-likeness (QED) is 0.586. The Kier molecular flexibility index (Phi) is 6.16. The molecular weight excluding hydrogens is 326 g/mol. The van der Waals surface area contributed by atoms with Gasteiger partial charge in [-0.2, -0.15) is 0 Å². The molecule has 6 nitrogen and oxygen atoms in total. The van der Waals surface area contributed by atoms with Crippen LogP contribution in [-0.2, 0) is 27.2 Å². The first kappa shape index (κ1) is 20.3. The van der Waals surface area contributed by atoms with Crippen LogP contribution in [0.15, 0.2) is 0 Å². The molecule has 1 fully saturated rings. The lowest BCUT2D eigenvalue weighted by Crippen LogP contribution is -2.30. The van der Waals surface area contributed by atoms with Gasteiger partial charge in [-0.15, -0.1) is 0 Å². The van der Waals surface area contributed by atoms with E-state index in [1.165, 1.54) is 0 Å². The zero-order chi connectivity index (χ0) is 17.4. The Labute approximate surface area is 134 Å². The molecule has 2 atom stereocenters. The van der Waals surface area contributed by atoms with Crippen molar-refractivity contribution in [1.82, 2.24) is 0 Å². The summed E-state index contributed by atoms with van der Waals surface area (Å²) in [4.78, 5) is 0. The van der Waals surface area contributed by atoms with Gasteiger partial charge < -0.3 is 13.6 Å². The van der Waals surface area contributed by atoms with Crippen LogP contribution in [-0.4, -0.2) is 29.3 Å². The molecule has 0 aromatic rings. The highest BCUT2D eigenvalue weighted by atomic mass is 31.2. The maximum Gasteiger partial charge on any atom is 0.363 e. The number of rotatable bonds is 7. The van der Waals surface area contributed by atoms with E-state index in [9.17, 15) is 9.13 Å². The lowest BCUT2D eigenvalue weighted by Gasteiger charge is -2.34. The van der Waals surface area contributed by atoms with Gasteiger partial charge in [0.15, 0.2) is 5.34 Å². The van der Waals surface area contributed by atoms with E-state index in [-0.39, 0.29) is 25.2 Å². The molecule has 1 rings (SSSR count). The second-order valence-electron chi connectivity index (χ2n) is 6.98. The Balaban J connectivity index is 3.25. The van der Waals surface area contributed by atoms with E-state index in [4.69, 9.17) is 18.1 Å². The summed E-state index contributed by atoms with van der Waals surface area (Å²) in [5, 5.41) is -2.05. The first-order chi connectivity index (χ1) is 9.81. The summed E-state index contributed by atoms with van der Waals surface area (Å²) in [7, 11) is -7.06. The highest BCUT2D eigenvalue weighted by Crippen LogP contribution is 2.79. The predicted molar refractivity (Wildman–Crippen MR) is 87.5 cm³/mol. The van der Waals surface area contributed by atoms with Crippen molar-refractivity contribution in [3.63, 3.8) is 0 Å². The Hall–Kier alpha value is 0.300. The molecule has 2 unspecified atom stereocenters. The molecule has 1 heterocycles. The zero-order valence-electron chi connectivity index (χ0n) is 14.9. The molecule has 0 saturated carbocycles. The standard InChI is InChI=1S/C14H30O6P2/c1-9-17-21(15)13(6,7)10-14(8,20-21)22(16,18-11(2)3)19-12(4)5/h11-12H,9-10H2,1-8H3. The van der Waals surface area contributed by atoms with E-state index in [0.29, 0.717) is 0 Å². The fourth-order valence-electron chi connectivity index (χ4n) is 2.64. The van der Waals surface area contributed by atoms with E-state index in [0.717, 1.165) is 0 Å². The second kappa shape index (κ2) is 6.66. The first-order valence-corrected chi connectivity index (χ1v) is 10.8. The van der Waals surface area contributed by atoms with Gasteiger partial charge in [-0.05, 0) is 55.4 Å². The average Bonchev–Trinajstić information content (AvgIpc) is 2.43. The maximum atomic E-state index is 13.4. The molecule has 1 saturated heterocycles. The zero-order valence-corrected chi connectivity index (χ0v) is 16.7. The van der Waals surface area contributed by atoms with Gasteiger partial charge in [0.05, 0.1) is 24.0 Å². The smallest absolute Gasteiger partial charge is 0.308 e. The van der Waals surface area contributed by atoms with E-state index in [2.05, 4.69) is 0 Å². The number of hydrogen-bond acceptors (Lipinski definition) is 6. The molecule has 22 heavy (non-hydrogen) atoms. The Bertz CT molecular complexity index is 474.